The van der Waals surface area contributed by atoms with Crippen molar-refractivity contribution in [2.45, 2.75) is 13.0 Å². The number of furan rings is 1. The number of rotatable bonds is 7. The van der Waals surface area contributed by atoms with E-state index in [-0.39, 0.29) is 11.5 Å². The van der Waals surface area contributed by atoms with Crippen LogP contribution in [-0.4, -0.2) is 55.0 Å². The van der Waals surface area contributed by atoms with Crippen LogP contribution in [0.2, 0.25) is 0 Å². The Morgan fingerprint density at radius 2 is 2.04 bits per heavy atom. The Hall–Kier alpha value is -2.38. The normalized spacial score (nSPS) is 15.2. The van der Waals surface area contributed by atoms with Crippen LogP contribution in [-0.2, 0) is 6.54 Å². The van der Waals surface area contributed by atoms with E-state index in [9.17, 15) is 9.18 Å². The zero-order valence-corrected chi connectivity index (χ0v) is 14.7. The van der Waals surface area contributed by atoms with Gasteiger partial charge in [-0.1, -0.05) is 0 Å². The highest BCUT2D eigenvalue weighted by molar-refractivity contribution is 5.97. The first-order chi connectivity index (χ1) is 12.7. The molecule has 6 nitrogen and oxygen atoms in total. The second-order valence-corrected chi connectivity index (χ2v) is 6.28. The summed E-state index contributed by atoms with van der Waals surface area (Å²) in [4.78, 5) is 16.8. The first-order valence-corrected chi connectivity index (χ1v) is 8.84. The van der Waals surface area contributed by atoms with Crippen LogP contribution >= 0.6 is 0 Å². The highest BCUT2D eigenvalue weighted by Gasteiger charge is 2.25. The molecule has 0 atom stereocenters. The van der Waals surface area contributed by atoms with E-state index in [2.05, 4.69) is 4.90 Å². The van der Waals surface area contributed by atoms with Crippen LogP contribution in [0.1, 0.15) is 22.5 Å². The quantitative estimate of drug-likeness (QED) is 0.765. The summed E-state index contributed by atoms with van der Waals surface area (Å²) in [5.41, 5.74) is 5.73. The standard InChI is InChI=1S/C19H24FN3O3/c20-15-4-5-18(26-12-2-6-21)17(13-15)19(24)23-9-7-22(8-10-23)14-16-3-1-11-25-16/h1,3-5,11,13H,2,6-10,12,14,21H2. The molecular weight excluding hydrogens is 337 g/mol. The Morgan fingerprint density at radius 3 is 2.73 bits per heavy atom. The molecule has 2 aromatic rings. The SMILES string of the molecule is NCCCOc1ccc(F)cc1C(=O)N1CCN(Cc2ccco2)CC1. The molecule has 26 heavy (non-hydrogen) atoms. The Bertz CT molecular complexity index is 713. The second-order valence-electron chi connectivity index (χ2n) is 6.28. The molecule has 0 radical (unpaired) electrons. The fourth-order valence-corrected chi connectivity index (χ4v) is 2.96. The minimum atomic E-state index is -0.448. The third-order valence-electron chi connectivity index (χ3n) is 4.40. The van der Waals surface area contributed by atoms with Crippen LogP contribution in [0, 0.1) is 5.82 Å². The van der Waals surface area contributed by atoms with Crippen molar-refractivity contribution in [3.8, 4) is 5.75 Å². The van der Waals surface area contributed by atoms with Gasteiger partial charge in [0, 0.05) is 26.2 Å². The van der Waals surface area contributed by atoms with E-state index >= 15 is 0 Å². The monoisotopic (exact) mass is 361 g/mol. The zero-order chi connectivity index (χ0) is 18.4. The van der Waals surface area contributed by atoms with Gasteiger partial charge in [-0.2, -0.15) is 0 Å². The van der Waals surface area contributed by atoms with Gasteiger partial charge in [0.05, 0.1) is 25.0 Å². The number of nitrogens with zero attached hydrogens (tertiary/aromatic N) is 2. The van der Waals surface area contributed by atoms with Crippen LogP contribution in [0.5, 0.6) is 5.75 Å². The molecule has 1 aliphatic rings. The van der Waals surface area contributed by atoms with E-state index < -0.39 is 5.82 Å². The lowest BCUT2D eigenvalue weighted by atomic mass is 10.1. The fraction of sp³-hybridized carbons (Fsp3) is 0.421. The maximum atomic E-state index is 13.7. The van der Waals surface area contributed by atoms with Crippen molar-refractivity contribution in [1.29, 1.82) is 0 Å². The van der Waals surface area contributed by atoms with Gasteiger partial charge in [-0.25, -0.2) is 4.39 Å². The zero-order valence-electron chi connectivity index (χ0n) is 14.7. The molecule has 2 N–H and O–H groups in total. The molecular formula is C19H24FN3O3. The van der Waals surface area contributed by atoms with Crippen LogP contribution < -0.4 is 10.5 Å². The van der Waals surface area contributed by atoms with Crippen molar-refractivity contribution >= 4 is 5.91 Å². The van der Waals surface area contributed by atoms with E-state index in [1.807, 2.05) is 12.1 Å². The number of ether oxygens (including phenoxy) is 1. The van der Waals surface area contributed by atoms with Gasteiger partial charge >= 0.3 is 0 Å². The summed E-state index contributed by atoms with van der Waals surface area (Å²) in [6, 6.07) is 7.86. The number of amides is 1. The molecule has 2 heterocycles. The molecule has 7 heteroatoms. The van der Waals surface area contributed by atoms with E-state index in [0.29, 0.717) is 38.4 Å². The number of halogens is 1. The summed E-state index contributed by atoms with van der Waals surface area (Å²) in [7, 11) is 0. The molecule has 0 unspecified atom stereocenters. The first kappa shape index (κ1) is 18.4. The summed E-state index contributed by atoms with van der Waals surface area (Å²) in [6.45, 7) is 4.27. The number of nitrogens with two attached hydrogens (primary N) is 1. The number of hydrogen-bond donors (Lipinski definition) is 1. The van der Waals surface area contributed by atoms with Crippen LogP contribution in [0.4, 0.5) is 4.39 Å². The molecule has 3 rings (SSSR count). The van der Waals surface area contributed by atoms with Gasteiger partial charge in [0.25, 0.3) is 5.91 Å². The van der Waals surface area contributed by atoms with Crippen LogP contribution in [0.3, 0.4) is 0 Å². The van der Waals surface area contributed by atoms with Gasteiger partial charge in [0.15, 0.2) is 0 Å². The van der Waals surface area contributed by atoms with Gasteiger partial charge in [-0.05, 0) is 43.3 Å². The number of carbonyl (C=O) groups is 1. The smallest absolute Gasteiger partial charge is 0.257 e. The van der Waals surface area contributed by atoms with Crippen molar-refractivity contribution in [3.63, 3.8) is 0 Å². The maximum absolute atomic E-state index is 13.7. The molecule has 0 aliphatic carbocycles. The van der Waals surface area contributed by atoms with E-state index in [4.69, 9.17) is 14.9 Å². The molecule has 1 saturated heterocycles. The molecule has 1 amide bonds. The predicted molar refractivity (Wildman–Crippen MR) is 95.5 cm³/mol. The average molecular weight is 361 g/mol. The maximum Gasteiger partial charge on any atom is 0.257 e. The highest BCUT2D eigenvalue weighted by atomic mass is 19.1. The van der Waals surface area contributed by atoms with Crippen molar-refractivity contribution in [3.05, 3.63) is 53.7 Å². The minimum Gasteiger partial charge on any atom is -0.493 e. The predicted octanol–water partition coefficient (Wildman–Crippen LogP) is 2.10. The summed E-state index contributed by atoms with van der Waals surface area (Å²) in [5.74, 6) is 0.661. The van der Waals surface area contributed by atoms with Gasteiger partial charge in [-0.15, -0.1) is 0 Å². The van der Waals surface area contributed by atoms with Gasteiger partial charge in [0.2, 0.25) is 0 Å². The Balaban J connectivity index is 1.61. The van der Waals surface area contributed by atoms with E-state index in [1.54, 1.807) is 11.2 Å². The molecule has 0 bridgehead atoms. The van der Waals surface area contributed by atoms with Gasteiger partial charge in [0.1, 0.15) is 17.3 Å². The third kappa shape index (κ3) is 4.62. The summed E-state index contributed by atoms with van der Waals surface area (Å²) < 4.78 is 24.7. The molecule has 1 aromatic heterocycles. The Morgan fingerprint density at radius 1 is 1.23 bits per heavy atom. The van der Waals surface area contributed by atoms with Crippen LogP contribution in [0.25, 0.3) is 0 Å². The third-order valence-corrected chi connectivity index (χ3v) is 4.40. The van der Waals surface area contributed by atoms with E-state index in [0.717, 1.165) is 25.4 Å². The average Bonchev–Trinajstić information content (AvgIpc) is 3.16. The molecule has 1 aromatic carbocycles. The van der Waals surface area contributed by atoms with Crippen molar-refractivity contribution in [1.82, 2.24) is 9.80 Å². The molecule has 1 aliphatic heterocycles. The number of piperazine rings is 1. The van der Waals surface area contributed by atoms with Crippen molar-refractivity contribution in [2.75, 3.05) is 39.3 Å². The van der Waals surface area contributed by atoms with Crippen molar-refractivity contribution < 1.29 is 18.3 Å². The Kier molecular flexibility index (Phi) is 6.25. The topological polar surface area (TPSA) is 71.9 Å². The molecule has 1 fully saturated rings. The highest BCUT2D eigenvalue weighted by Crippen LogP contribution is 2.23. The largest absolute Gasteiger partial charge is 0.493 e. The lowest BCUT2D eigenvalue weighted by molar-refractivity contribution is 0.0615. The summed E-state index contributed by atoms with van der Waals surface area (Å²) in [5, 5.41) is 0. The van der Waals surface area contributed by atoms with Crippen molar-refractivity contribution in [2.24, 2.45) is 5.73 Å². The number of hydrogen-bond acceptors (Lipinski definition) is 5. The fourth-order valence-electron chi connectivity index (χ4n) is 2.96. The second kappa shape index (κ2) is 8.82. The first-order valence-electron chi connectivity index (χ1n) is 8.84. The van der Waals surface area contributed by atoms with E-state index in [1.165, 1.54) is 18.2 Å². The summed E-state index contributed by atoms with van der Waals surface area (Å²) in [6.07, 6.45) is 2.34. The van der Waals surface area contributed by atoms with Crippen LogP contribution in [0.15, 0.2) is 41.0 Å². The lowest BCUT2D eigenvalue weighted by Gasteiger charge is -2.34. The number of carbonyl (C=O) groups excluding carboxylic acids is 1. The summed E-state index contributed by atoms with van der Waals surface area (Å²) >= 11 is 0. The van der Waals surface area contributed by atoms with Gasteiger partial charge < -0.3 is 19.8 Å². The Labute approximate surface area is 152 Å². The molecule has 0 spiro atoms. The molecule has 0 saturated carbocycles. The lowest BCUT2D eigenvalue weighted by Crippen LogP contribution is -2.48. The minimum absolute atomic E-state index is 0.204. The number of benzene rings is 1. The van der Waals surface area contributed by atoms with Gasteiger partial charge in [-0.3, -0.25) is 9.69 Å². The molecule has 140 valence electrons.